The second kappa shape index (κ2) is 8.41. The summed E-state index contributed by atoms with van der Waals surface area (Å²) in [6, 6.07) is 3.16. The molecule has 1 fully saturated rings. The van der Waals surface area contributed by atoms with Crippen molar-refractivity contribution >= 4 is 38.5 Å². The first kappa shape index (κ1) is 20.5. The molecule has 0 unspecified atom stereocenters. The molecule has 1 aromatic carbocycles. The van der Waals surface area contributed by atoms with E-state index in [1.54, 1.807) is 0 Å². The van der Waals surface area contributed by atoms with Crippen molar-refractivity contribution in [2.45, 2.75) is 38.1 Å². The number of thiazole rings is 1. The second-order valence-electron chi connectivity index (χ2n) is 6.28. The average Bonchev–Trinajstić information content (AvgIpc) is 3.04. The van der Waals surface area contributed by atoms with Gasteiger partial charge in [-0.05, 0) is 31.5 Å². The lowest BCUT2D eigenvalue weighted by molar-refractivity contribution is -0.274. The van der Waals surface area contributed by atoms with Crippen LogP contribution in [0.5, 0.6) is 5.75 Å². The standard InChI is InChI=1S/C17H19F3N4O3S/c18-17(19,20)27-10-4-5-11-13(9-10)28-16(23-11)24(14(25)6-7-21)15(26)12-3-1-2-8-22-12/h4-5,9,12,22H,1-3,6-8,21H2/t12-/m0/s1. The van der Waals surface area contributed by atoms with Crippen LogP contribution >= 0.6 is 11.3 Å². The molecule has 0 saturated carbocycles. The Morgan fingerprint density at radius 2 is 2.14 bits per heavy atom. The van der Waals surface area contributed by atoms with Crippen LogP contribution in [0, 0.1) is 0 Å². The average molecular weight is 416 g/mol. The third-order valence-electron chi connectivity index (χ3n) is 4.21. The maximum Gasteiger partial charge on any atom is 0.573 e. The maximum atomic E-state index is 12.9. The summed E-state index contributed by atoms with van der Waals surface area (Å²) in [5.74, 6) is -1.31. The van der Waals surface area contributed by atoms with Gasteiger partial charge in [0.1, 0.15) is 5.75 Å². The summed E-state index contributed by atoms with van der Waals surface area (Å²) >= 11 is 0.949. The summed E-state index contributed by atoms with van der Waals surface area (Å²) in [4.78, 5) is 30.7. The molecular weight excluding hydrogens is 397 g/mol. The zero-order valence-electron chi connectivity index (χ0n) is 14.8. The number of nitrogens with two attached hydrogens (primary N) is 1. The molecule has 1 aromatic heterocycles. The molecule has 28 heavy (non-hydrogen) atoms. The number of alkyl halides is 3. The van der Waals surface area contributed by atoms with Crippen LogP contribution in [0.4, 0.5) is 18.3 Å². The Hall–Kier alpha value is -2.24. The Labute approximate surface area is 162 Å². The number of ether oxygens (including phenoxy) is 1. The zero-order chi connectivity index (χ0) is 20.3. The summed E-state index contributed by atoms with van der Waals surface area (Å²) in [6.45, 7) is 0.739. The van der Waals surface area contributed by atoms with E-state index < -0.39 is 30.0 Å². The molecule has 11 heteroatoms. The molecule has 3 N–H and O–H groups in total. The molecule has 0 spiro atoms. The van der Waals surface area contributed by atoms with E-state index in [9.17, 15) is 22.8 Å². The van der Waals surface area contributed by atoms with Gasteiger partial charge < -0.3 is 15.8 Å². The first-order valence-electron chi connectivity index (χ1n) is 8.75. The van der Waals surface area contributed by atoms with Gasteiger partial charge in [-0.15, -0.1) is 13.2 Å². The lowest BCUT2D eigenvalue weighted by Crippen LogP contribution is -2.51. The Balaban J connectivity index is 1.93. The van der Waals surface area contributed by atoms with Crippen LogP contribution in [-0.4, -0.2) is 42.3 Å². The number of nitrogens with zero attached hydrogens (tertiary/aromatic N) is 2. The first-order chi connectivity index (χ1) is 13.3. The van der Waals surface area contributed by atoms with E-state index in [2.05, 4.69) is 15.0 Å². The number of nitrogens with one attached hydrogen (secondary N) is 1. The van der Waals surface area contributed by atoms with Crippen molar-refractivity contribution in [2.24, 2.45) is 5.73 Å². The summed E-state index contributed by atoms with van der Waals surface area (Å²) in [5, 5.41) is 3.20. The fourth-order valence-electron chi connectivity index (χ4n) is 2.96. The highest BCUT2D eigenvalue weighted by Gasteiger charge is 2.33. The number of imide groups is 1. The lowest BCUT2D eigenvalue weighted by Gasteiger charge is -2.27. The van der Waals surface area contributed by atoms with Crippen molar-refractivity contribution in [3.8, 4) is 5.75 Å². The molecule has 7 nitrogen and oxygen atoms in total. The quantitative estimate of drug-likeness (QED) is 0.778. The largest absolute Gasteiger partial charge is 0.573 e. The van der Waals surface area contributed by atoms with Crippen LogP contribution in [-0.2, 0) is 9.59 Å². The van der Waals surface area contributed by atoms with Gasteiger partial charge in [-0.3, -0.25) is 9.59 Å². The normalized spacial score (nSPS) is 17.5. The van der Waals surface area contributed by atoms with Crippen molar-refractivity contribution in [1.82, 2.24) is 10.3 Å². The molecule has 152 valence electrons. The van der Waals surface area contributed by atoms with Gasteiger partial charge in [0, 0.05) is 19.0 Å². The fourth-order valence-corrected chi connectivity index (χ4v) is 3.98. The van der Waals surface area contributed by atoms with Crippen molar-refractivity contribution in [3.63, 3.8) is 0 Å². The summed E-state index contributed by atoms with van der Waals surface area (Å²) in [7, 11) is 0. The number of anilines is 1. The maximum absolute atomic E-state index is 12.9. The van der Waals surface area contributed by atoms with E-state index in [1.165, 1.54) is 12.1 Å². The number of hydrogen-bond acceptors (Lipinski definition) is 7. The van der Waals surface area contributed by atoms with Crippen molar-refractivity contribution in [1.29, 1.82) is 0 Å². The molecule has 1 saturated heterocycles. The highest BCUT2D eigenvalue weighted by atomic mass is 32.1. The van der Waals surface area contributed by atoms with E-state index in [1.807, 2.05) is 0 Å². The van der Waals surface area contributed by atoms with Gasteiger partial charge in [-0.1, -0.05) is 17.8 Å². The molecular formula is C17H19F3N4O3S. The number of carbonyl (C=O) groups is 2. The minimum atomic E-state index is -4.81. The molecule has 1 atom stereocenters. The Morgan fingerprint density at radius 1 is 1.36 bits per heavy atom. The molecule has 0 radical (unpaired) electrons. The van der Waals surface area contributed by atoms with Crippen molar-refractivity contribution in [3.05, 3.63) is 18.2 Å². The molecule has 1 aliphatic heterocycles. The monoisotopic (exact) mass is 416 g/mol. The molecule has 0 aliphatic carbocycles. The number of benzene rings is 1. The highest BCUT2D eigenvalue weighted by molar-refractivity contribution is 7.22. The second-order valence-corrected chi connectivity index (χ2v) is 7.29. The summed E-state index contributed by atoms with van der Waals surface area (Å²) < 4.78 is 41.6. The highest BCUT2D eigenvalue weighted by Crippen LogP contribution is 2.34. The minimum absolute atomic E-state index is 0.0448. The number of hydrogen-bond donors (Lipinski definition) is 2. The van der Waals surface area contributed by atoms with Gasteiger partial charge in [0.05, 0.1) is 16.3 Å². The molecule has 2 amide bonds. The van der Waals surface area contributed by atoms with Gasteiger partial charge in [0.15, 0.2) is 5.13 Å². The summed E-state index contributed by atoms with van der Waals surface area (Å²) in [5.41, 5.74) is 5.83. The fraction of sp³-hybridized carbons (Fsp3) is 0.471. The Bertz CT molecular complexity index is 865. The number of aromatic nitrogens is 1. The van der Waals surface area contributed by atoms with Crippen LogP contribution in [0.3, 0.4) is 0 Å². The minimum Gasteiger partial charge on any atom is -0.406 e. The third kappa shape index (κ3) is 4.78. The Kier molecular flexibility index (Phi) is 6.16. The van der Waals surface area contributed by atoms with Gasteiger partial charge >= 0.3 is 6.36 Å². The number of piperidine rings is 1. The SMILES string of the molecule is NCCC(=O)N(C(=O)[C@@H]1CCCCN1)c1nc2ccc(OC(F)(F)F)cc2s1. The predicted octanol–water partition coefficient (Wildman–Crippen LogP) is 2.55. The van der Waals surface area contributed by atoms with Crippen molar-refractivity contribution in [2.75, 3.05) is 18.0 Å². The summed E-state index contributed by atoms with van der Waals surface area (Å²) in [6.07, 6.45) is -2.45. The lowest BCUT2D eigenvalue weighted by atomic mass is 10.0. The smallest absolute Gasteiger partial charge is 0.406 e. The molecule has 2 aromatic rings. The first-order valence-corrected chi connectivity index (χ1v) is 9.57. The van der Waals surface area contributed by atoms with E-state index in [4.69, 9.17) is 5.73 Å². The topological polar surface area (TPSA) is 97.6 Å². The van der Waals surface area contributed by atoms with E-state index >= 15 is 0 Å². The van der Waals surface area contributed by atoms with Gasteiger partial charge in [-0.25, -0.2) is 9.88 Å². The number of halogens is 3. The van der Waals surface area contributed by atoms with Crippen LogP contribution in [0.25, 0.3) is 10.2 Å². The number of rotatable bonds is 5. The number of carbonyl (C=O) groups excluding carboxylic acids is 2. The van der Waals surface area contributed by atoms with Crippen LogP contribution in [0.1, 0.15) is 25.7 Å². The Morgan fingerprint density at radius 3 is 2.79 bits per heavy atom. The van der Waals surface area contributed by atoms with Gasteiger partial charge in [-0.2, -0.15) is 0 Å². The van der Waals surface area contributed by atoms with Gasteiger partial charge in [0.2, 0.25) is 5.91 Å². The molecule has 2 heterocycles. The zero-order valence-corrected chi connectivity index (χ0v) is 15.6. The van der Waals surface area contributed by atoms with E-state index in [-0.39, 0.29) is 18.1 Å². The third-order valence-corrected chi connectivity index (χ3v) is 5.21. The van der Waals surface area contributed by atoms with Crippen LogP contribution in [0.15, 0.2) is 18.2 Å². The number of amides is 2. The van der Waals surface area contributed by atoms with E-state index in [0.29, 0.717) is 23.2 Å². The molecule has 1 aliphatic rings. The number of fused-ring (bicyclic) bond motifs is 1. The van der Waals surface area contributed by atoms with Crippen molar-refractivity contribution < 1.29 is 27.5 Å². The van der Waals surface area contributed by atoms with Crippen LogP contribution < -0.4 is 20.7 Å². The molecule has 0 bridgehead atoms. The van der Waals surface area contributed by atoms with E-state index in [0.717, 1.165) is 35.1 Å². The predicted molar refractivity (Wildman–Crippen MR) is 98.1 cm³/mol. The van der Waals surface area contributed by atoms with Gasteiger partial charge in [0.25, 0.3) is 5.91 Å². The molecule has 3 rings (SSSR count). The van der Waals surface area contributed by atoms with Crippen LogP contribution in [0.2, 0.25) is 0 Å².